The van der Waals surface area contributed by atoms with Gasteiger partial charge < -0.3 is 5.32 Å². The van der Waals surface area contributed by atoms with Crippen LogP contribution in [0.2, 0.25) is 0 Å². The second kappa shape index (κ2) is 7.53. The second-order valence-corrected chi connectivity index (χ2v) is 6.09. The molecular formula is C16H23N3S. The van der Waals surface area contributed by atoms with Crippen LogP contribution >= 0.6 is 11.3 Å². The molecule has 2 aromatic rings. The fourth-order valence-corrected chi connectivity index (χ4v) is 3.14. The molecule has 0 bridgehead atoms. The predicted octanol–water partition coefficient (Wildman–Crippen LogP) is 2.85. The summed E-state index contributed by atoms with van der Waals surface area (Å²) in [5, 5.41) is 3.22. The number of likely N-dealkylation sites (N-methyl/N-ethyl adjacent to an activating group) is 1. The van der Waals surface area contributed by atoms with Gasteiger partial charge in [0.25, 0.3) is 0 Å². The number of nitrogens with one attached hydrogen (secondary N) is 1. The summed E-state index contributed by atoms with van der Waals surface area (Å²) in [5.74, 6) is 0. The zero-order valence-electron chi connectivity index (χ0n) is 12.5. The molecule has 0 amide bonds. The van der Waals surface area contributed by atoms with Gasteiger partial charge in [0.05, 0.1) is 11.2 Å². The number of hydrogen-bond acceptors (Lipinski definition) is 4. The lowest BCUT2D eigenvalue weighted by molar-refractivity contribution is 0.320. The highest BCUT2D eigenvalue weighted by molar-refractivity contribution is 7.09. The number of benzene rings is 1. The molecule has 0 aliphatic rings. The third kappa shape index (κ3) is 4.13. The van der Waals surface area contributed by atoms with Crippen molar-refractivity contribution < 1.29 is 0 Å². The molecule has 0 atom stereocenters. The van der Waals surface area contributed by atoms with Crippen LogP contribution in [-0.2, 0) is 19.5 Å². The zero-order chi connectivity index (χ0) is 14.4. The van der Waals surface area contributed by atoms with Crippen LogP contribution in [-0.4, -0.2) is 30.5 Å². The van der Waals surface area contributed by atoms with E-state index in [-0.39, 0.29) is 0 Å². The predicted molar refractivity (Wildman–Crippen MR) is 86.1 cm³/mol. The van der Waals surface area contributed by atoms with Crippen molar-refractivity contribution in [3.63, 3.8) is 0 Å². The number of nitrogens with zero attached hydrogens (tertiary/aromatic N) is 2. The van der Waals surface area contributed by atoms with Gasteiger partial charge >= 0.3 is 0 Å². The SMILES string of the molecule is CNCCc1ccccc1CN(C)Cc1scnc1C. The van der Waals surface area contributed by atoms with E-state index in [2.05, 4.69) is 53.4 Å². The van der Waals surface area contributed by atoms with Crippen molar-refractivity contribution in [2.45, 2.75) is 26.4 Å². The summed E-state index contributed by atoms with van der Waals surface area (Å²) >= 11 is 1.74. The van der Waals surface area contributed by atoms with Gasteiger partial charge in [-0.3, -0.25) is 4.90 Å². The average molecular weight is 289 g/mol. The molecule has 20 heavy (non-hydrogen) atoms. The maximum Gasteiger partial charge on any atom is 0.0798 e. The number of rotatable bonds is 7. The summed E-state index contributed by atoms with van der Waals surface area (Å²) in [6.45, 7) is 5.06. The fourth-order valence-electron chi connectivity index (χ4n) is 2.29. The second-order valence-electron chi connectivity index (χ2n) is 5.16. The van der Waals surface area contributed by atoms with E-state index in [1.807, 2.05) is 12.6 Å². The van der Waals surface area contributed by atoms with Gasteiger partial charge in [0.2, 0.25) is 0 Å². The Kier molecular flexibility index (Phi) is 5.71. The molecule has 1 aromatic heterocycles. The molecule has 0 aliphatic carbocycles. The lowest BCUT2D eigenvalue weighted by Crippen LogP contribution is -2.19. The minimum atomic E-state index is 0.969. The van der Waals surface area contributed by atoms with Crippen LogP contribution in [0.5, 0.6) is 0 Å². The van der Waals surface area contributed by atoms with Crippen LogP contribution < -0.4 is 5.32 Å². The highest BCUT2D eigenvalue weighted by Crippen LogP contribution is 2.17. The molecule has 4 heteroatoms. The molecule has 1 aromatic carbocycles. The largest absolute Gasteiger partial charge is 0.319 e. The standard InChI is InChI=1S/C16H23N3S/c1-13-16(20-12-18-13)11-19(3)10-15-7-5-4-6-14(15)8-9-17-2/h4-7,12,17H,8-11H2,1-3H3. The van der Waals surface area contributed by atoms with Crippen LogP contribution in [0.4, 0.5) is 0 Å². The highest BCUT2D eigenvalue weighted by atomic mass is 32.1. The monoisotopic (exact) mass is 289 g/mol. The quantitative estimate of drug-likeness (QED) is 0.849. The first-order valence-electron chi connectivity index (χ1n) is 6.99. The van der Waals surface area contributed by atoms with E-state index >= 15 is 0 Å². The molecule has 0 saturated heterocycles. The Morgan fingerprint density at radius 2 is 1.95 bits per heavy atom. The van der Waals surface area contributed by atoms with E-state index < -0.39 is 0 Å². The zero-order valence-corrected chi connectivity index (χ0v) is 13.3. The lowest BCUT2D eigenvalue weighted by atomic mass is 10.0. The smallest absolute Gasteiger partial charge is 0.0798 e. The Labute approximate surface area is 125 Å². The van der Waals surface area contributed by atoms with Gasteiger partial charge in [-0.15, -0.1) is 11.3 Å². The van der Waals surface area contributed by atoms with E-state index in [1.165, 1.54) is 16.0 Å². The lowest BCUT2D eigenvalue weighted by Gasteiger charge is -2.18. The number of aromatic nitrogens is 1. The van der Waals surface area contributed by atoms with Gasteiger partial charge in [0.15, 0.2) is 0 Å². The van der Waals surface area contributed by atoms with Crippen LogP contribution in [0, 0.1) is 6.92 Å². The first kappa shape index (κ1) is 15.2. The van der Waals surface area contributed by atoms with Crippen LogP contribution in [0.1, 0.15) is 21.7 Å². The van der Waals surface area contributed by atoms with Gasteiger partial charge in [-0.25, -0.2) is 4.98 Å². The maximum atomic E-state index is 4.32. The van der Waals surface area contributed by atoms with E-state index in [9.17, 15) is 0 Å². The summed E-state index contributed by atoms with van der Waals surface area (Å²) < 4.78 is 0. The van der Waals surface area contributed by atoms with Gasteiger partial charge in [0, 0.05) is 18.0 Å². The molecule has 2 rings (SSSR count). The van der Waals surface area contributed by atoms with Crippen LogP contribution in [0.15, 0.2) is 29.8 Å². The first-order chi connectivity index (χ1) is 9.70. The molecule has 3 nitrogen and oxygen atoms in total. The van der Waals surface area contributed by atoms with Crippen molar-refractivity contribution in [2.24, 2.45) is 0 Å². The molecule has 0 radical (unpaired) electrons. The molecular weight excluding hydrogens is 266 g/mol. The molecule has 1 heterocycles. The van der Waals surface area contributed by atoms with Gasteiger partial charge in [-0.1, -0.05) is 24.3 Å². The van der Waals surface area contributed by atoms with Gasteiger partial charge in [0.1, 0.15) is 0 Å². The Balaban J connectivity index is 2.00. The summed E-state index contributed by atoms with van der Waals surface area (Å²) in [6, 6.07) is 8.73. The van der Waals surface area contributed by atoms with Crippen LogP contribution in [0.3, 0.4) is 0 Å². The normalized spacial score (nSPS) is 11.2. The molecule has 1 N–H and O–H groups in total. The number of thiazole rings is 1. The van der Waals surface area contributed by atoms with Crippen molar-refractivity contribution in [1.29, 1.82) is 0 Å². The van der Waals surface area contributed by atoms with E-state index in [0.29, 0.717) is 0 Å². The molecule has 0 aliphatic heterocycles. The third-order valence-electron chi connectivity index (χ3n) is 3.46. The van der Waals surface area contributed by atoms with Crippen molar-refractivity contribution >= 4 is 11.3 Å². The minimum absolute atomic E-state index is 0.969. The third-order valence-corrected chi connectivity index (χ3v) is 4.38. The number of hydrogen-bond donors (Lipinski definition) is 1. The molecule has 108 valence electrons. The Bertz CT molecular complexity index is 536. The summed E-state index contributed by atoms with van der Waals surface area (Å²) in [6.07, 6.45) is 1.08. The molecule has 0 unspecified atom stereocenters. The van der Waals surface area contributed by atoms with Crippen LogP contribution in [0.25, 0.3) is 0 Å². The maximum absolute atomic E-state index is 4.32. The van der Waals surface area contributed by atoms with E-state index in [1.54, 1.807) is 11.3 Å². The summed E-state index contributed by atoms with van der Waals surface area (Å²) in [7, 11) is 4.18. The summed E-state index contributed by atoms with van der Waals surface area (Å²) in [5.41, 5.74) is 5.95. The van der Waals surface area contributed by atoms with Crippen molar-refractivity contribution in [3.8, 4) is 0 Å². The Hall–Kier alpha value is -1.23. The fraction of sp³-hybridized carbons (Fsp3) is 0.438. The molecule has 0 saturated carbocycles. The Morgan fingerprint density at radius 1 is 1.20 bits per heavy atom. The Morgan fingerprint density at radius 3 is 2.60 bits per heavy atom. The minimum Gasteiger partial charge on any atom is -0.319 e. The molecule has 0 spiro atoms. The van der Waals surface area contributed by atoms with Crippen molar-refractivity contribution in [3.05, 3.63) is 51.5 Å². The highest BCUT2D eigenvalue weighted by Gasteiger charge is 2.08. The van der Waals surface area contributed by atoms with Crippen molar-refractivity contribution in [2.75, 3.05) is 20.6 Å². The first-order valence-corrected chi connectivity index (χ1v) is 7.87. The topological polar surface area (TPSA) is 28.2 Å². The van der Waals surface area contributed by atoms with Gasteiger partial charge in [-0.2, -0.15) is 0 Å². The number of aryl methyl sites for hydroxylation is 1. The molecule has 0 fully saturated rings. The van der Waals surface area contributed by atoms with Crippen molar-refractivity contribution in [1.82, 2.24) is 15.2 Å². The van der Waals surface area contributed by atoms with Gasteiger partial charge in [-0.05, 0) is 45.1 Å². The van der Waals surface area contributed by atoms with E-state index in [4.69, 9.17) is 0 Å². The summed E-state index contributed by atoms with van der Waals surface area (Å²) in [4.78, 5) is 8.04. The average Bonchev–Trinajstić information content (AvgIpc) is 2.83. The van der Waals surface area contributed by atoms with E-state index in [0.717, 1.165) is 31.7 Å².